The number of ether oxygens (including phenoxy) is 1. The first-order valence-electron chi connectivity index (χ1n) is 8.04. The van der Waals surface area contributed by atoms with Gasteiger partial charge in [-0.2, -0.15) is 5.10 Å². The molecule has 3 rings (SSSR count). The Labute approximate surface area is 159 Å². The molecule has 0 amide bonds. The third kappa shape index (κ3) is 4.60. The zero-order valence-electron chi connectivity index (χ0n) is 14.3. The van der Waals surface area contributed by atoms with E-state index in [4.69, 9.17) is 16.3 Å². The lowest BCUT2D eigenvalue weighted by Gasteiger charge is -2.03. The molecule has 7 heteroatoms. The summed E-state index contributed by atoms with van der Waals surface area (Å²) in [6, 6.07) is 11.5. The van der Waals surface area contributed by atoms with Gasteiger partial charge in [0.1, 0.15) is 23.4 Å². The number of halogens is 3. The first-order valence-corrected chi connectivity index (χ1v) is 8.42. The molecule has 0 saturated heterocycles. The van der Waals surface area contributed by atoms with Crippen molar-refractivity contribution in [3.8, 4) is 5.69 Å². The average Bonchev–Trinajstić information content (AvgIpc) is 2.93. The first-order chi connectivity index (χ1) is 12.9. The van der Waals surface area contributed by atoms with Crippen molar-refractivity contribution in [1.29, 1.82) is 0 Å². The summed E-state index contributed by atoms with van der Waals surface area (Å²) in [5.74, 6) is -1.35. The van der Waals surface area contributed by atoms with Gasteiger partial charge in [-0.3, -0.25) is 0 Å². The van der Waals surface area contributed by atoms with Gasteiger partial charge in [0.05, 0.1) is 11.4 Å². The lowest BCUT2D eigenvalue weighted by atomic mass is 10.2. The molecule has 0 spiro atoms. The maximum Gasteiger partial charge on any atom is 0.331 e. The molecule has 0 radical (unpaired) electrons. The van der Waals surface area contributed by atoms with E-state index in [0.29, 0.717) is 22.5 Å². The molecule has 2 aromatic carbocycles. The van der Waals surface area contributed by atoms with Crippen molar-refractivity contribution in [2.45, 2.75) is 13.5 Å². The maximum atomic E-state index is 13.1. The van der Waals surface area contributed by atoms with E-state index in [1.165, 1.54) is 41.1 Å². The lowest BCUT2D eigenvalue weighted by Crippen LogP contribution is -2.01. The van der Waals surface area contributed by atoms with Crippen LogP contribution in [0.15, 0.2) is 54.6 Å². The predicted octanol–water partition coefficient (Wildman–Crippen LogP) is 4.87. The highest BCUT2D eigenvalue weighted by atomic mass is 35.5. The molecule has 1 aromatic heterocycles. The van der Waals surface area contributed by atoms with Gasteiger partial charge in [0.25, 0.3) is 0 Å². The van der Waals surface area contributed by atoms with Crippen LogP contribution in [0.5, 0.6) is 0 Å². The lowest BCUT2D eigenvalue weighted by molar-refractivity contribution is -0.138. The van der Waals surface area contributed by atoms with Gasteiger partial charge < -0.3 is 4.74 Å². The quantitative estimate of drug-likeness (QED) is 0.462. The number of hydrogen-bond donors (Lipinski definition) is 0. The van der Waals surface area contributed by atoms with Crippen LogP contribution in [0, 0.1) is 18.6 Å². The highest BCUT2D eigenvalue weighted by Gasteiger charge is 2.13. The van der Waals surface area contributed by atoms with Crippen LogP contribution in [0.25, 0.3) is 11.8 Å². The van der Waals surface area contributed by atoms with Crippen molar-refractivity contribution < 1.29 is 18.3 Å². The van der Waals surface area contributed by atoms with Crippen LogP contribution in [-0.2, 0) is 16.1 Å². The van der Waals surface area contributed by atoms with Crippen LogP contribution < -0.4 is 0 Å². The Morgan fingerprint density at radius 2 is 1.93 bits per heavy atom. The molecule has 1 heterocycles. The first kappa shape index (κ1) is 18.8. The van der Waals surface area contributed by atoms with E-state index in [-0.39, 0.29) is 17.6 Å². The van der Waals surface area contributed by atoms with Crippen LogP contribution in [0.1, 0.15) is 16.8 Å². The molecule has 0 aliphatic carbocycles. The van der Waals surface area contributed by atoms with E-state index >= 15 is 0 Å². The summed E-state index contributed by atoms with van der Waals surface area (Å²) in [5, 5.41) is 4.59. The fraction of sp³-hybridized carbons (Fsp3) is 0.100. The van der Waals surface area contributed by atoms with Gasteiger partial charge in [0.15, 0.2) is 0 Å². The number of carbonyl (C=O) groups excluding carboxylic acids is 1. The van der Waals surface area contributed by atoms with Crippen molar-refractivity contribution in [2.24, 2.45) is 0 Å². The van der Waals surface area contributed by atoms with Gasteiger partial charge >= 0.3 is 5.97 Å². The Morgan fingerprint density at radius 1 is 1.19 bits per heavy atom. The van der Waals surface area contributed by atoms with Crippen molar-refractivity contribution in [3.05, 3.63) is 88.2 Å². The Hall–Kier alpha value is -2.99. The Morgan fingerprint density at radius 3 is 2.63 bits per heavy atom. The number of rotatable bonds is 5. The number of carbonyl (C=O) groups is 1. The molecule has 0 atom stereocenters. The third-order valence-electron chi connectivity index (χ3n) is 3.78. The monoisotopic (exact) mass is 388 g/mol. The minimum atomic E-state index is -0.593. The number of hydrogen-bond acceptors (Lipinski definition) is 3. The second-order valence-electron chi connectivity index (χ2n) is 5.75. The molecule has 4 nitrogen and oxygen atoms in total. The molecule has 138 valence electrons. The van der Waals surface area contributed by atoms with Gasteiger partial charge in [0, 0.05) is 11.6 Å². The zero-order valence-corrected chi connectivity index (χ0v) is 15.1. The minimum Gasteiger partial charge on any atom is -0.458 e. The summed E-state index contributed by atoms with van der Waals surface area (Å²) in [6.07, 6.45) is 2.72. The molecule has 0 bridgehead atoms. The maximum absolute atomic E-state index is 13.1. The molecular formula is C20H15ClF2N2O2. The second-order valence-corrected chi connectivity index (χ2v) is 6.11. The van der Waals surface area contributed by atoms with Crippen LogP contribution in [-0.4, -0.2) is 15.7 Å². The fourth-order valence-corrected chi connectivity index (χ4v) is 2.77. The van der Waals surface area contributed by atoms with Crippen LogP contribution in [0.4, 0.5) is 8.78 Å². The van der Waals surface area contributed by atoms with Crippen LogP contribution >= 0.6 is 11.6 Å². The van der Waals surface area contributed by atoms with Crippen molar-refractivity contribution in [2.75, 3.05) is 0 Å². The molecule has 0 aliphatic heterocycles. The fourth-order valence-electron chi connectivity index (χ4n) is 2.43. The van der Waals surface area contributed by atoms with Gasteiger partial charge in [-0.1, -0.05) is 23.7 Å². The summed E-state index contributed by atoms with van der Waals surface area (Å²) in [5.41, 5.74) is 2.29. The molecule has 3 aromatic rings. The molecular weight excluding hydrogens is 374 g/mol. The topological polar surface area (TPSA) is 44.1 Å². The van der Waals surface area contributed by atoms with Crippen LogP contribution in [0.2, 0.25) is 5.15 Å². The normalized spacial score (nSPS) is 11.1. The van der Waals surface area contributed by atoms with E-state index in [9.17, 15) is 13.6 Å². The molecule has 0 unspecified atom stereocenters. The van der Waals surface area contributed by atoms with Gasteiger partial charge in [-0.25, -0.2) is 18.3 Å². The average molecular weight is 389 g/mol. The number of aromatic nitrogens is 2. The number of benzene rings is 2. The second kappa shape index (κ2) is 8.14. The Bertz CT molecular complexity index is 998. The van der Waals surface area contributed by atoms with E-state index in [0.717, 1.165) is 0 Å². The summed E-state index contributed by atoms with van der Waals surface area (Å²) in [6.45, 7) is 1.70. The van der Waals surface area contributed by atoms with Gasteiger partial charge in [-0.15, -0.1) is 0 Å². The van der Waals surface area contributed by atoms with E-state index < -0.39 is 11.8 Å². The van der Waals surface area contributed by atoms with Crippen molar-refractivity contribution in [1.82, 2.24) is 9.78 Å². The van der Waals surface area contributed by atoms with Crippen molar-refractivity contribution >= 4 is 23.6 Å². The minimum absolute atomic E-state index is 0.0392. The highest BCUT2D eigenvalue weighted by molar-refractivity contribution is 6.31. The number of aryl methyl sites for hydroxylation is 1. The highest BCUT2D eigenvalue weighted by Crippen LogP contribution is 2.25. The van der Waals surface area contributed by atoms with Gasteiger partial charge in [-0.05, 0) is 55.0 Å². The largest absolute Gasteiger partial charge is 0.458 e. The summed E-state index contributed by atoms with van der Waals surface area (Å²) in [7, 11) is 0. The van der Waals surface area contributed by atoms with E-state index in [1.807, 2.05) is 0 Å². The zero-order chi connectivity index (χ0) is 19.4. The van der Waals surface area contributed by atoms with Crippen molar-refractivity contribution in [3.63, 3.8) is 0 Å². The SMILES string of the molecule is Cc1nn(-c2ccc(F)cc2)c(Cl)c1/C=C/C(=O)OCc1cccc(F)c1. The molecule has 0 N–H and O–H groups in total. The smallest absolute Gasteiger partial charge is 0.331 e. The standard InChI is InChI=1S/C20H15ClF2N2O2/c1-13-18(20(21)25(24-13)17-7-5-15(22)6-8-17)9-10-19(26)27-12-14-3-2-4-16(23)11-14/h2-11H,12H2,1H3/b10-9+. The molecule has 27 heavy (non-hydrogen) atoms. The number of esters is 1. The van der Waals surface area contributed by atoms with Crippen LogP contribution in [0.3, 0.4) is 0 Å². The van der Waals surface area contributed by atoms with Gasteiger partial charge in [0.2, 0.25) is 0 Å². The molecule has 0 aliphatic rings. The summed E-state index contributed by atoms with van der Waals surface area (Å²) in [4.78, 5) is 11.9. The summed E-state index contributed by atoms with van der Waals surface area (Å²) >= 11 is 6.34. The third-order valence-corrected chi connectivity index (χ3v) is 4.14. The Balaban J connectivity index is 1.71. The predicted molar refractivity (Wildman–Crippen MR) is 98.5 cm³/mol. The number of nitrogens with zero attached hydrogens (tertiary/aromatic N) is 2. The molecule has 0 fully saturated rings. The molecule has 0 saturated carbocycles. The summed E-state index contributed by atoms with van der Waals surface area (Å²) < 4.78 is 32.7. The van der Waals surface area contributed by atoms with E-state index in [1.54, 1.807) is 31.2 Å². The Kier molecular flexibility index (Phi) is 5.66. The van der Waals surface area contributed by atoms with E-state index in [2.05, 4.69) is 5.10 Å².